The predicted molar refractivity (Wildman–Crippen MR) is 105 cm³/mol. The highest BCUT2D eigenvalue weighted by atomic mass is 16.5. The van der Waals surface area contributed by atoms with Crippen LogP contribution in [0.5, 0.6) is 5.75 Å². The second-order valence-corrected chi connectivity index (χ2v) is 8.51. The van der Waals surface area contributed by atoms with Crippen molar-refractivity contribution in [3.8, 4) is 5.75 Å². The fraction of sp³-hybridized carbons (Fsp3) is 0.682. The van der Waals surface area contributed by atoms with Crippen molar-refractivity contribution in [2.75, 3.05) is 26.7 Å². The van der Waals surface area contributed by atoms with Crippen LogP contribution in [0.25, 0.3) is 0 Å². The third kappa shape index (κ3) is 3.90. The molecule has 0 aromatic heterocycles. The molecule has 0 unspecified atom stereocenters. The molecular formula is C22H34N2O2. The van der Waals surface area contributed by atoms with Gasteiger partial charge in [0.2, 0.25) is 5.91 Å². The van der Waals surface area contributed by atoms with Crippen molar-refractivity contribution in [1.29, 1.82) is 0 Å². The molecule has 0 N–H and O–H groups in total. The first kappa shape index (κ1) is 19.2. The van der Waals surface area contributed by atoms with Gasteiger partial charge in [-0.05, 0) is 67.8 Å². The predicted octanol–water partition coefficient (Wildman–Crippen LogP) is 3.78. The lowest BCUT2D eigenvalue weighted by Gasteiger charge is -2.37. The Bertz CT molecular complexity index is 656. The van der Waals surface area contributed by atoms with Gasteiger partial charge in [0.05, 0.1) is 7.11 Å². The van der Waals surface area contributed by atoms with Gasteiger partial charge >= 0.3 is 0 Å². The molecule has 4 nitrogen and oxygen atoms in total. The number of hydrogen-bond acceptors (Lipinski definition) is 3. The van der Waals surface area contributed by atoms with Crippen LogP contribution in [0.15, 0.2) is 12.1 Å². The number of fused-ring (bicyclic) bond motifs is 1. The summed E-state index contributed by atoms with van der Waals surface area (Å²) in [6.07, 6.45) is 3.17. The van der Waals surface area contributed by atoms with Gasteiger partial charge in [-0.1, -0.05) is 19.9 Å². The Kier molecular flexibility index (Phi) is 5.91. The number of carbonyl (C=O) groups is 1. The summed E-state index contributed by atoms with van der Waals surface area (Å²) >= 11 is 0. The topological polar surface area (TPSA) is 32.8 Å². The maximum Gasteiger partial charge on any atom is 0.222 e. The third-order valence-electron chi connectivity index (χ3n) is 6.27. The Morgan fingerprint density at radius 2 is 2.00 bits per heavy atom. The molecule has 144 valence electrons. The first-order chi connectivity index (χ1) is 12.4. The fourth-order valence-electron chi connectivity index (χ4n) is 4.62. The van der Waals surface area contributed by atoms with E-state index in [-0.39, 0.29) is 0 Å². The molecule has 26 heavy (non-hydrogen) atoms. The molecular weight excluding hydrogens is 324 g/mol. The van der Waals surface area contributed by atoms with Gasteiger partial charge in [-0.25, -0.2) is 0 Å². The van der Waals surface area contributed by atoms with E-state index in [1.807, 2.05) is 0 Å². The first-order valence-electron chi connectivity index (χ1n) is 10.1. The molecule has 0 aliphatic carbocycles. The summed E-state index contributed by atoms with van der Waals surface area (Å²) in [4.78, 5) is 17.3. The molecule has 2 aliphatic rings. The van der Waals surface area contributed by atoms with Crippen molar-refractivity contribution in [2.45, 2.75) is 59.5 Å². The van der Waals surface area contributed by atoms with Crippen molar-refractivity contribution in [3.63, 3.8) is 0 Å². The molecule has 1 aromatic rings. The van der Waals surface area contributed by atoms with E-state index in [9.17, 15) is 4.79 Å². The van der Waals surface area contributed by atoms with Crippen LogP contribution in [0.2, 0.25) is 0 Å². The molecule has 0 radical (unpaired) electrons. The minimum absolute atomic E-state index is 0.339. The number of ether oxygens (including phenoxy) is 1. The van der Waals surface area contributed by atoms with E-state index in [0.29, 0.717) is 30.2 Å². The lowest BCUT2D eigenvalue weighted by Crippen LogP contribution is -2.44. The zero-order valence-electron chi connectivity index (χ0n) is 17.0. The zero-order valence-corrected chi connectivity index (χ0v) is 17.0. The molecule has 0 bridgehead atoms. The van der Waals surface area contributed by atoms with E-state index in [2.05, 4.69) is 49.6 Å². The maximum absolute atomic E-state index is 12.5. The van der Waals surface area contributed by atoms with Gasteiger partial charge in [-0.3, -0.25) is 9.69 Å². The van der Waals surface area contributed by atoms with Gasteiger partial charge in [0.1, 0.15) is 5.75 Å². The molecule has 2 heterocycles. The minimum atomic E-state index is 0.339. The van der Waals surface area contributed by atoms with Gasteiger partial charge in [0.25, 0.3) is 0 Å². The lowest BCUT2D eigenvalue weighted by molar-refractivity contribution is -0.131. The van der Waals surface area contributed by atoms with E-state index in [0.717, 1.165) is 31.9 Å². The number of piperidine rings is 1. The molecule has 2 saturated heterocycles. The summed E-state index contributed by atoms with van der Waals surface area (Å²) < 4.78 is 5.45. The summed E-state index contributed by atoms with van der Waals surface area (Å²) in [7, 11) is 1.73. The number of methoxy groups -OCH3 is 1. The molecule has 0 saturated carbocycles. The van der Waals surface area contributed by atoms with E-state index in [1.54, 1.807) is 7.11 Å². The van der Waals surface area contributed by atoms with Crippen molar-refractivity contribution in [3.05, 3.63) is 28.8 Å². The van der Waals surface area contributed by atoms with Crippen LogP contribution in [-0.2, 0) is 11.3 Å². The number of nitrogens with zero attached hydrogens (tertiary/aromatic N) is 2. The SMILES string of the molecule is COc1ccc(CN2CCC[C@@H]3CN(C(=O)CC(C)C)C[C@@H]32)c(C)c1C. The Morgan fingerprint density at radius 1 is 1.23 bits per heavy atom. The zero-order chi connectivity index (χ0) is 18.8. The average molecular weight is 359 g/mol. The van der Waals surface area contributed by atoms with Crippen LogP contribution in [0, 0.1) is 25.7 Å². The van der Waals surface area contributed by atoms with Gasteiger partial charge in [0.15, 0.2) is 0 Å². The molecule has 2 atom stereocenters. The number of hydrogen-bond donors (Lipinski definition) is 0. The van der Waals surface area contributed by atoms with Crippen LogP contribution in [0.4, 0.5) is 0 Å². The minimum Gasteiger partial charge on any atom is -0.496 e. The fourth-order valence-corrected chi connectivity index (χ4v) is 4.62. The van der Waals surface area contributed by atoms with Crippen LogP contribution < -0.4 is 4.74 Å². The lowest BCUT2D eigenvalue weighted by atomic mass is 9.91. The normalized spacial score (nSPS) is 23.4. The van der Waals surface area contributed by atoms with Crippen LogP contribution >= 0.6 is 0 Å². The Balaban J connectivity index is 1.71. The number of likely N-dealkylation sites (tertiary alicyclic amines) is 2. The summed E-state index contributed by atoms with van der Waals surface area (Å²) in [6, 6.07) is 4.81. The van der Waals surface area contributed by atoms with Crippen LogP contribution in [-0.4, -0.2) is 48.5 Å². The van der Waals surface area contributed by atoms with Gasteiger partial charge in [-0.15, -0.1) is 0 Å². The van der Waals surface area contributed by atoms with Crippen molar-refractivity contribution < 1.29 is 9.53 Å². The molecule has 3 rings (SSSR count). The Hall–Kier alpha value is -1.55. The largest absolute Gasteiger partial charge is 0.496 e. The molecule has 1 amide bonds. The first-order valence-corrected chi connectivity index (χ1v) is 10.1. The maximum atomic E-state index is 12.5. The van der Waals surface area contributed by atoms with E-state index < -0.39 is 0 Å². The highest BCUT2D eigenvalue weighted by Gasteiger charge is 2.40. The van der Waals surface area contributed by atoms with E-state index in [1.165, 1.54) is 29.5 Å². The van der Waals surface area contributed by atoms with Crippen LogP contribution in [0.3, 0.4) is 0 Å². The Morgan fingerprint density at radius 3 is 2.69 bits per heavy atom. The number of benzene rings is 1. The second-order valence-electron chi connectivity index (χ2n) is 8.51. The van der Waals surface area contributed by atoms with Gasteiger partial charge in [0, 0.05) is 32.1 Å². The molecule has 1 aromatic carbocycles. The Labute approximate surface area is 158 Å². The molecule has 2 fully saturated rings. The summed E-state index contributed by atoms with van der Waals surface area (Å²) in [5, 5.41) is 0. The highest BCUT2D eigenvalue weighted by molar-refractivity contribution is 5.76. The highest BCUT2D eigenvalue weighted by Crippen LogP contribution is 2.33. The standard InChI is InChI=1S/C22H34N2O2/c1-15(2)11-22(25)24-13-19-7-6-10-23(20(19)14-24)12-18-8-9-21(26-5)17(4)16(18)3/h8-9,15,19-20H,6-7,10-14H2,1-5H3/t19-,20+/m1/s1. The quantitative estimate of drug-likeness (QED) is 0.803. The summed E-state index contributed by atoms with van der Waals surface area (Å²) in [5.74, 6) is 2.38. The van der Waals surface area contributed by atoms with Crippen LogP contribution in [0.1, 0.15) is 49.8 Å². The molecule has 2 aliphatic heterocycles. The number of carbonyl (C=O) groups excluding carboxylic acids is 1. The van der Waals surface area contributed by atoms with Gasteiger partial charge in [-0.2, -0.15) is 0 Å². The summed E-state index contributed by atoms with van der Waals surface area (Å²) in [5.41, 5.74) is 3.95. The second kappa shape index (κ2) is 7.99. The average Bonchev–Trinajstić information content (AvgIpc) is 3.04. The smallest absolute Gasteiger partial charge is 0.222 e. The van der Waals surface area contributed by atoms with E-state index >= 15 is 0 Å². The van der Waals surface area contributed by atoms with Crippen molar-refractivity contribution >= 4 is 5.91 Å². The summed E-state index contributed by atoms with van der Waals surface area (Å²) in [6.45, 7) is 12.6. The van der Waals surface area contributed by atoms with Gasteiger partial charge < -0.3 is 9.64 Å². The number of rotatable bonds is 5. The third-order valence-corrected chi connectivity index (χ3v) is 6.27. The van der Waals surface area contributed by atoms with Crippen molar-refractivity contribution in [1.82, 2.24) is 9.80 Å². The van der Waals surface area contributed by atoms with Crippen molar-refractivity contribution in [2.24, 2.45) is 11.8 Å². The molecule has 0 spiro atoms. The van der Waals surface area contributed by atoms with E-state index in [4.69, 9.17) is 4.74 Å². The molecule has 4 heteroatoms. The monoisotopic (exact) mass is 358 g/mol. The number of amides is 1.